The predicted molar refractivity (Wildman–Crippen MR) is 120 cm³/mol. The van der Waals surface area contributed by atoms with Gasteiger partial charge in [-0.15, -0.1) is 11.3 Å². The Morgan fingerprint density at radius 2 is 1.84 bits per heavy atom. The SMILES string of the molecule is COC(=O)c1cccc(NC(=O)c2cccc(NC(=O)CCCc3cccs3)c2)c1O. The number of hydrogen-bond acceptors (Lipinski definition) is 6. The summed E-state index contributed by atoms with van der Waals surface area (Å²) in [6.45, 7) is 0. The van der Waals surface area contributed by atoms with E-state index in [1.54, 1.807) is 35.6 Å². The van der Waals surface area contributed by atoms with Crippen LogP contribution < -0.4 is 10.6 Å². The number of hydrogen-bond donors (Lipinski definition) is 3. The molecule has 1 heterocycles. The van der Waals surface area contributed by atoms with E-state index in [1.165, 1.54) is 30.2 Å². The topological polar surface area (TPSA) is 105 Å². The maximum absolute atomic E-state index is 12.6. The molecular formula is C23H22N2O5S. The summed E-state index contributed by atoms with van der Waals surface area (Å²) >= 11 is 1.67. The van der Waals surface area contributed by atoms with Crippen LogP contribution in [0.25, 0.3) is 0 Å². The summed E-state index contributed by atoms with van der Waals surface area (Å²) in [7, 11) is 1.20. The monoisotopic (exact) mass is 438 g/mol. The molecule has 0 saturated heterocycles. The molecule has 3 N–H and O–H groups in total. The Kier molecular flexibility index (Phi) is 7.40. The van der Waals surface area contributed by atoms with E-state index in [4.69, 9.17) is 0 Å². The number of carbonyl (C=O) groups is 3. The lowest BCUT2D eigenvalue weighted by molar-refractivity contribution is -0.116. The molecule has 2 aromatic carbocycles. The Balaban J connectivity index is 1.61. The Hall–Kier alpha value is -3.65. The van der Waals surface area contributed by atoms with Gasteiger partial charge in [0.2, 0.25) is 5.91 Å². The van der Waals surface area contributed by atoms with Gasteiger partial charge in [-0.1, -0.05) is 18.2 Å². The van der Waals surface area contributed by atoms with Crippen molar-refractivity contribution in [2.75, 3.05) is 17.7 Å². The first-order chi connectivity index (χ1) is 15.0. The summed E-state index contributed by atoms with van der Waals surface area (Å²) < 4.78 is 4.61. The van der Waals surface area contributed by atoms with Gasteiger partial charge in [-0.2, -0.15) is 0 Å². The second kappa shape index (κ2) is 10.4. The fourth-order valence-corrected chi connectivity index (χ4v) is 3.70. The van der Waals surface area contributed by atoms with E-state index in [9.17, 15) is 19.5 Å². The normalized spacial score (nSPS) is 10.4. The molecular weight excluding hydrogens is 416 g/mol. The molecule has 2 amide bonds. The van der Waals surface area contributed by atoms with Crippen LogP contribution in [0.15, 0.2) is 60.0 Å². The van der Waals surface area contributed by atoms with Gasteiger partial charge in [0.25, 0.3) is 5.91 Å². The molecule has 7 nitrogen and oxygen atoms in total. The summed E-state index contributed by atoms with van der Waals surface area (Å²) in [4.78, 5) is 37.7. The van der Waals surface area contributed by atoms with Crippen molar-refractivity contribution in [3.8, 4) is 5.75 Å². The molecule has 0 radical (unpaired) electrons. The number of aromatic hydroxyl groups is 1. The lowest BCUT2D eigenvalue weighted by Gasteiger charge is -2.11. The summed E-state index contributed by atoms with van der Waals surface area (Å²) in [5.74, 6) is -1.71. The highest BCUT2D eigenvalue weighted by Gasteiger charge is 2.17. The summed E-state index contributed by atoms with van der Waals surface area (Å²) in [6, 6.07) is 14.9. The van der Waals surface area contributed by atoms with Gasteiger partial charge in [0.15, 0.2) is 5.75 Å². The Labute approximate surface area is 183 Å². The molecule has 0 atom stereocenters. The number of ether oxygens (including phenoxy) is 1. The van der Waals surface area contributed by atoms with Crippen LogP contribution in [0.1, 0.15) is 38.4 Å². The minimum Gasteiger partial charge on any atom is -0.505 e. The zero-order valence-corrected chi connectivity index (χ0v) is 17.7. The molecule has 0 saturated carbocycles. The standard InChI is InChI=1S/C23H22N2O5S/c1-30-23(29)18-10-4-11-19(21(18)27)25-22(28)15-6-2-7-16(14-15)24-20(26)12-3-8-17-9-5-13-31-17/h2,4-7,9-11,13-14,27H,3,8,12H2,1H3,(H,24,26)(H,25,28). The van der Waals surface area contributed by atoms with Gasteiger partial charge in [-0.3, -0.25) is 9.59 Å². The maximum Gasteiger partial charge on any atom is 0.341 e. The maximum atomic E-state index is 12.6. The minimum atomic E-state index is -0.711. The first kappa shape index (κ1) is 22.0. The number of carbonyl (C=O) groups excluding carboxylic acids is 3. The molecule has 0 bridgehead atoms. The van der Waals surface area contributed by atoms with E-state index in [2.05, 4.69) is 15.4 Å². The van der Waals surface area contributed by atoms with Crippen LogP contribution in [0.5, 0.6) is 5.75 Å². The van der Waals surface area contributed by atoms with Gasteiger partial charge in [0.1, 0.15) is 5.56 Å². The number of phenolic OH excluding ortho intramolecular Hbond substituents is 1. The highest BCUT2D eigenvalue weighted by atomic mass is 32.1. The van der Waals surface area contributed by atoms with Crippen LogP contribution >= 0.6 is 11.3 Å². The fraction of sp³-hybridized carbons (Fsp3) is 0.174. The Bertz CT molecular complexity index is 1080. The van der Waals surface area contributed by atoms with Gasteiger partial charge in [-0.05, 0) is 54.6 Å². The smallest absolute Gasteiger partial charge is 0.341 e. The van der Waals surface area contributed by atoms with E-state index >= 15 is 0 Å². The number of methoxy groups -OCH3 is 1. The molecule has 0 spiro atoms. The van der Waals surface area contributed by atoms with Gasteiger partial charge in [0.05, 0.1) is 12.8 Å². The summed E-state index contributed by atoms with van der Waals surface area (Å²) in [5, 5.41) is 17.6. The van der Waals surface area contributed by atoms with E-state index < -0.39 is 11.9 Å². The van der Waals surface area contributed by atoms with Crippen LogP contribution in [0.2, 0.25) is 0 Å². The first-order valence-electron chi connectivity index (χ1n) is 9.62. The molecule has 8 heteroatoms. The van der Waals surface area contributed by atoms with Crippen molar-refractivity contribution in [2.24, 2.45) is 0 Å². The van der Waals surface area contributed by atoms with Crippen molar-refractivity contribution in [3.05, 3.63) is 76.0 Å². The van der Waals surface area contributed by atoms with E-state index in [0.29, 0.717) is 17.7 Å². The first-order valence-corrected chi connectivity index (χ1v) is 10.5. The molecule has 31 heavy (non-hydrogen) atoms. The van der Waals surface area contributed by atoms with Gasteiger partial charge < -0.3 is 20.5 Å². The lowest BCUT2D eigenvalue weighted by Crippen LogP contribution is -2.15. The molecule has 160 valence electrons. The fourth-order valence-electron chi connectivity index (χ4n) is 2.95. The van der Waals surface area contributed by atoms with Crippen LogP contribution in [0.4, 0.5) is 11.4 Å². The molecule has 0 aliphatic carbocycles. The van der Waals surface area contributed by atoms with Crippen LogP contribution in [0.3, 0.4) is 0 Å². The molecule has 3 aromatic rings. The molecule has 3 rings (SSSR count). The zero-order chi connectivity index (χ0) is 22.2. The molecule has 0 aliphatic heterocycles. The van der Waals surface area contributed by atoms with E-state index in [1.807, 2.05) is 17.5 Å². The van der Waals surface area contributed by atoms with Gasteiger partial charge in [-0.25, -0.2) is 4.79 Å². The lowest BCUT2D eigenvalue weighted by atomic mass is 10.1. The van der Waals surface area contributed by atoms with Crippen molar-refractivity contribution < 1.29 is 24.2 Å². The second-order valence-electron chi connectivity index (χ2n) is 6.71. The predicted octanol–water partition coefficient (Wildman–Crippen LogP) is 4.45. The Morgan fingerprint density at radius 1 is 1.03 bits per heavy atom. The number of para-hydroxylation sites is 1. The molecule has 0 aliphatic rings. The van der Waals surface area contributed by atoms with Crippen LogP contribution in [-0.2, 0) is 16.0 Å². The number of benzene rings is 2. The van der Waals surface area contributed by atoms with Gasteiger partial charge in [0, 0.05) is 22.5 Å². The quantitative estimate of drug-likeness (QED) is 0.356. The van der Waals surface area contributed by atoms with Crippen molar-refractivity contribution in [1.82, 2.24) is 0 Å². The number of amides is 2. The van der Waals surface area contributed by atoms with Crippen molar-refractivity contribution in [1.29, 1.82) is 0 Å². The third-order valence-electron chi connectivity index (χ3n) is 4.51. The van der Waals surface area contributed by atoms with E-state index in [-0.39, 0.29) is 22.9 Å². The third kappa shape index (κ3) is 5.93. The van der Waals surface area contributed by atoms with Gasteiger partial charge >= 0.3 is 5.97 Å². The zero-order valence-electron chi connectivity index (χ0n) is 16.9. The molecule has 0 unspecified atom stereocenters. The number of aryl methyl sites for hydroxylation is 1. The number of nitrogens with one attached hydrogen (secondary N) is 2. The minimum absolute atomic E-state index is 0.0520. The number of esters is 1. The summed E-state index contributed by atoms with van der Waals surface area (Å²) in [6.07, 6.45) is 1.96. The second-order valence-corrected chi connectivity index (χ2v) is 7.74. The number of rotatable bonds is 8. The average Bonchev–Trinajstić information content (AvgIpc) is 3.28. The Morgan fingerprint density at radius 3 is 2.58 bits per heavy atom. The summed E-state index contributed by atoms with van der Waals surface area (Å²) in [5.41, 5.74) is 0.820. The molecule has 0 fully saturated rings. The number of thiophene rings is 1. The van der Waals surface area contributed by atoms with Crippen molar-refractivity contribution >= 4 is 40.5 Å². The van der Waals surface area contributed by atoms with E-state index in [0.717, 1.165) is 12.8 Å². The third-order valence-corrected chi connectivity index (χ3v) is 5.44. The highest BCUT2D eigenvalue weighted by Crippen LogP contribution is 2.28. The van der Waals surface area contributed by atoms with Crippen molar-refractivity contribution in [2.45, 2.75) is 19.3 Å². The highest BCUT2D eigenvalue weighted by molar-refractivity contribution is 7.09. The van der Waals surface area contributed by atoms with Crippen LogP contribution in [0, 0.1) is 0 Å². The number of anilines is 2. The van der Waals surface area contributed by atoms with Crippen molar-refractivity contribution in [3.63, 3.8) is 0 Å². The number of phenols is 1. The van der Waals surface area contributed by atoms with Crippen LogP contribution in [-0.4, -0.2) is 30.0 Å². The molecule has 1 aromatic heterocycles. The largest absolute Gasteiger partial charge is 0.505 e. The average molecular weight is 439 g/mol.